The second-order valence-electron chi connectivity index (χ2n) is 8.05. The van der Waals surface area contributed by atoms with Crippen molar-refractivity contribution in [2.24, 2.45) is 5.92 Å². The first kappa shape index (κ1) is 17.4. The highest BCUT2D eigenvalue weighted by Crippen LogP contribution is 2.46. The standard InChI is InChI=1S/C20H28O4/c1-13-6-5-10-20(4)17(23-20)12-15-9-11-19(3,16(21)8-7-13)24-18(22)14(15)2/h6,15,17H,2,5,7-12H2,1,3-4H3/t15-,17+,19-,20+/m1/s1. The van der Waals surface area contributed by atoms with E-state index in [1.807, 2.05) is 0 Å². The van der Waals surface area contributed by atoms with E-state index in [0.29, 0.717) is 18.4 Å². The number of hydrogen-bond donors (Lipinski definition) is 0. The number of epoxide rings is 1. The highest BCUT2D eigenvalue weighted by Gasteiger charge is 2.53. The molecule has 2 aliphatic heterocycles. The van der Waals surface area contributed by atoms with Crippen LogP contribution in [0.3, 0.4) is 0 Å². The molecule has 0 N–H and O–H groups in total. The van der Waals surface area contributed by atoms with Crippen molar-refractivity contribution in [2.75, 3.05) is 0 Å². The number of carbonyl (C=O) groups excluding carboxylic acids is 2. The van der Waals surface area contributed by atoms with Crippen LogP contribution in [0.4, 0.5) is 0 Å². The maximum Gasteiger partial charge on any atom is 0.334 e. The Balaban J connectivity index is 1.86. The largest absolute Gasteiger partial charge is 0.448 e. The average Bonchev–Trinajstić information content (AvgIpc) is 3.18. The van der Waals surface area contributed by atoms with Crippen molar-refractivity contribution in [3.05, 3.63) is 23.8 Å². The van der Waals surface area contributed by atoms with Gasteiger partial charge in [-0.1, -0.05) is 18.2 Å². The monoisotopic (exact) mass is 332 g/mol. The van der Waals surface area contributed by atoms with Crippen molar-refractivity contribution in [2.45, 2.75) is 83.0 Å². The molecule has 3 aliphatic rings. The summed E-state index contributed by atoms with van der Waals surface area (Å²) >= 11 is 0. The van der Waals surface area contributed by atoms with Gasteiger partial charge in [0.05, 0.1) is 11.7 Å². The van der Waals surface area contributed by atoms with Crippen molar-refractivity contribution in [1.82, 2.24) is 0 Å². The molecule has 3 rings (SSSR count). The molecule has 0 unspecified atom stereocenters. The van der Waals surface area contributed by atoms with Gasteiger partial charge in [0, 0.05) is 12.0 Å². The maximum atomic E-state index is 12.7. The quantitative estimate of drug-likeness (QED) is 0.292. The van der Waals surface area contributed by atoms with E-state index in [1.54, 1.807) is 6.92 Å². The molecule has 2 saturated heterocycles. The molecule has 0 aromatic rings. The zero-order valence-corrected chi connectivity index (χ0v) is 15.0. The van der Waals surface area contributed by atoms with Crippen LogP contribution in [0.2, 0.25) is 0 Å². The van der Waals surface area contributed by atoms with Gasteiger partial charge in [0.2, 0.25) is 0 Å². The fraction of sp³-hybridized carbons (Fsp3) is 0.700. The van der Waals surface area contributed by atoms with Gasteiger partial charge >= 0.3 is 5.97 Å². The topological polar surface area (TPSA) is 55.9 Å². The summed E-state index contributed by atoms with van der Waals surface area (Å²) in [6.45, 7) is 9.92. The third-order valence-corrected chi connectivity index (χ3v) is 6.05. The van der Waals surface area contributed by atoms with Crippen LogP contribution in [0.1, 0.15) is 65.7 Å². The average molecular weight is 332 g/mol. The van der Waals surface area contributed by atoms with Crippen molar-refractivity contribution >= 4 is 11.8 Å². The normalized spacial score (nSPS) is 41.0. The Kier molecular flexibility index (Phi) is 4.45. The summed E-state index contributed by atoms with van der Waals surface area (Å²) in [6.07, 6.45) is 7.56. The Morgan fingerprint density at radius 1 is 1.21 bits per heavy atom. The van der Waals surface area contributed by atoms with Gasteiger partial charge in [-0.15, -0.1) is 0 Å². The smallest absolute Gasteiger partial charge is 0.334 e. The number of fused-ring (bicyclic) bond motifs is 4. The zero-order chi connectivity index (χ0) is 17.5. The van der Waals surface area contributed by atoms with Crippen molar-refractivity contribution < 1.29 is 19.1 Å². The van der Waals surface area contributed by atoms with Gasteiger partial charge in [-0.2, -0.15) is 0 Å². The van der Waals surface area contributed by atoms with Gasteiger partial charge < -0.3 is 9.47 Å². The van der Waals surface area contributed by atoms with E-state index in [-0.39, 0.29) is 23.4 Å². The minimum Gasteiger partial charge on any atom is -0.448 e. The molecule has 132 valence electrons. The predicted molar refractivity (Wildman–Crippen MR) is 91.5 cm³/mol. The molecule has 2 fully saturated rings. The molecule has 4 heteroatoms. The summed E-state index contributed by atoms with van der Waals surface area (Å²) in [5.74, 6) is -0.362. The lowest BCUT2D eigenvalue weighted by molar-refractivity contribution is -0.161. The van der Waals surface area contributed by atoms with Gasteiger partial charge in [-0.25, -0.2) is 4.79 Å². The Hall–Kier alpha value is -1.42. The lowest BCUT2D eigenvalue weighted by Gasteiger charge is -2.26. The molecule has 4 atom stereocenters. The van der Waals surface area contributed by atoms with E-state index in [4.69, 9.17) is 9.47 Å². The summed E-state index contributed by atoms with van der Waals surface area (Å²) in [6, 6.07) is 0. The molecule has 24 heavy (non-hydrogen) atoms. The lowest BCUT2D eigenvalue weighted by Crippen LogP contribution is -2.39. The highest BCUT2D eigenvalue weighted by atomic mass is 16.6. The van der Waals surface area contributed by atoms with E-state index in [9.17, 15) is 9.59 Å². The first-order valence-electron chi connectivity index (χ1n) is 9.02. The van der Waals surface area contributed by atoms with Crippen molar-refractivity contribution in [1.29, 1.82) is 0 Å². The van der Waals surface area contributed by atoms with Crippen molar-refractivity contribution in [3.63, 3.8) is 0 Å². The summed E-state index contributed by atoms with van der Waals surface area (Å²) < 4.78 is 11.5. The molecule has 0 radical (unpaired) electrons. The van der Waals surface area contributed by atoms with Crippen LogP contribution in [0, 0.1) is 5.92 Å². The second kappa shape index (κ2) is 6.14. The third kappa shape index (κ3) is 3.34. The minimum atomic E-state index is -1.02. The number of Topliss-reactive ketones (excluding diaryl/α,β-unsaturated/α-hetero) is 1. The molecule has 0 saturated carbocycles. The van der Waals surface area contributed by atoms with Gasteiger partial charge in [0.25, 0.3) is 0 Å². The van der Waals surface area contributed by atoms with Crippen LogP contribution in [0.5, 0.6) is 0 Å². The van der Waals surface area contributed by atoms with Gasteiger partial charge in [0.1, 0.15) is 0 Å². The highest BCUT2D eigenvalue weighted by molar-refractivity contribution is 5.94. The SMILES string of the molecule is C=C1C(=O)O[C@]2(C)CC[C@@H]1C[C@@H]1O[C@@]1(C)CCC=C(C)CCC2=O. The number of rotatable bonds is 0. The van der Waals surface area contributed by atoms with Crippen LogP contribution in [0.15, 0.2) is 23.8 Å². The first-order valence-corrected chi connectivity index (χ1v) is 9.02. The lowest BCUT2D eigenvalue weighted by atomic mass is 9.83. The van der Waals surface area contributed by atoms with E-state index < -0.39 is 11.6 Å². The number of esters is 1. The number of hydrogen-bond acceptors (Lipinski definition) is 4. The molecular formula is C20H28O4. The molecule has 4 nitrogen and oxygen atoms in total. The van der Waals surface area contributed by atoms with Gasteiger partial charge in [-0.3, -0.25) is 4.79 Å². The van der Waals surface area contributed by atoms with Crippen LogP contribution < -0.4 is 0 Å². The first-order chi connectivity index (χ1) is 11.2. The van der Waals surface area contributed by atoms with Crippen molar-refractivity contribution in [3.8, 4) is 0 Å². The molecule has 2 bridgehead atoms. The van der Waals surface area contributed by atoms with Gasteiger partial charge in [0.15, 0.2) is 11.4 Å². The molecular weight excluding hydrogens is 304 g/mol. The number of carbonyl (C=O) groups is 2. The van der Waals surface area contributed by atoms with E-state index in [2.05, 4.69) is 26.5 Å². The second-order valence-corrected chi connectivity index (χ2v) is 8.05. The predicted octanol–water partition coefficient (Wildman–Crippen LogP) is 3.89. The summed E-state index contributed by atoms with van der Waals surface area (Å²) in [5, 5.41) is 0. The van der Waals surface area contributed by atoms with Crippen LogP contribution in [-0.2, 0) is 19.1 Å². The van der Waals surface area contributed by atoms with E-state index >= 15 is 0 Å². The summed E-state index contributed by atoms with van der Waals surface area (Å²) in [4.78, 5) is 25.1. The van der Waals surface area contributed by atoms with Gasteiger partial charge in [-0.05, 0) is 65.2 Å². The van der Waals surface area contributed by atoms with E-state index in [1.165, 1.54) is 5.57 Å². The molecule has 0 spiro atoms. The van der Waals surface area contributed by atoms with Crippen LogP contribution >= 0.6 is 0 Å². The number of ketones is 1. The Bertz CT molecular complexity index is 605. The minimum absolute atomic E-state index is 0.0154. The Morgan fingerprint density at radius 2 is 1.96 bits per heavy atom. The fourth-order valence-corrected chi connectivity index (χ4v) is 3.92. The zero-order valence-electron chi connectivity index (χ0n) is 15.0. The molecule has 0 amide bonds. The maximum absolute atomic E-state index is 12.7. The Labute approximate surface area is 144 Å². The molecule has 0 aromatic heterocycles. The summed E-state index contributed by atoms with van der Waals surface area (Å²) in [5.41, 5.74) is 0.601. The molecule has 0 aromatic carbocycles. The molecule has 1 aliphatic carbocycles. The van der Waals surface area contributed by atoms with Crippen LogP contribution in [0.25, 0.3) is 0 Å². The third-order valence-electron chi connectivity index (χ3n) is 6.05. The molecule has 2 heterocycles. The Morgan fingerprint density at radius 3 is 2.71 bits per heavy atom. The fourth-order valence-electron chi connectivity index (χ4n) is 3.92. The van der Waals surface area contributed by atoms with E-state index in [0.717, 1.165) is 32.1 Å². The number of allylic oxidation sites excluding steroid dienone is 2. The van der Waals surface area contributed by atoms with Crippen LogP contribution in [-0.4, -0.2) is 29.1 Å². The number of ether oxygens (including phenoxy) is 2. The summed E-state index contributed by atoms with van der Waals surface area (Å²) in [7, 11) is 0.